The predicted octanol–water partition coefficient (Wildman–Crippen LogP) is 3.49. The number of sulfonamides is 1. The number of nitrogens with one attached hydrogen (secondary N) is 3. The highest BCUT2D eigenvalue weighted by Crippen LogP contribution is 2.31. The first-order valence-electron chi connectivity index (χ1n) is 10.4. The van der Waals surface area contributed by atoms with Crippen molar-refractivity contribution >= 4 is 61.4 Å². The summed E-state index contributed by atoms with van der Waals surface area (Å²) in [5.74, 6) is -1.20. The summed E-state index contributed by atoms with van der Waals surface area (Å²) in [6, 6.07) is 5.24. The van der Waals surface area contributed by atoms with Crippen molar-refractivity contribution in [1.29, 1.82) is 0 Å². The molecule has 0 saturated heterocycles. The number of hydrogen-bond acceptors (Lipinski definition) is 7. The Bertz CT molecular complexity index is 1170. The fourth-order valence-corrected chi connectivity index (χ4v) is 5.03. The SMILES string of the molecule is Cc1ccc(NC(=O)CC(=O)Nc2nc(CNS(C)(=O)=O)c(Cl)s2)c(C(=O)C2CCCC2)c1. The molecular formula is C21H25ClN4O5S2. The molecule has 0 aliphatic heterocycles. The first-order valence-corrected chi connectivity index (χ1v) is 13.4. The lowest BCUT2D eigenvalue weighted by Crippen LogP contribution is -2.23. The van der Waals surface area contributed by atoms with Crippen LogP contribution in [0.25, 0.3) is 0 Å². The van der Waals surface area contributed by atoms with E-state index in [9.17, 15) is 22.8 Å². The molecule has 2 aromatic rings. The maximum atomic E-state index is 12.9. The van der Waals surface area contributed by atoms with Crippen molar-refractivity contribution in [3.63, 3.8) is 0 Å². The summed E-state index contributed by atoms with van der Waals surface area (Å²) in [7, 11) is -3.42. The molecule has 0 unspecified atom stereocenters. The van der Waals surface area contributed by atoms with Gasteiger partial charge in [0.05, 0.1) is 24.2 Å². The summed E-state index contributed by atoms with van der Waals surface area (Å²) >= 11 is 7.00. The quantitative estimate of drug-likeness (QED) is 0.347. The smallest absolute Gasteiger partial charge is 0.235 e. The molecule has 12 heteroatoms. The molecule has 0 atom stereocenters. The number of halogens is 1. The predicted molar refractivity (Wildman–Crippen MR) is 128 cm³/mol. The minimum absolute atomic E-state index is 0.0172. The van der Waals surface area contributed by atoms with Crippen LogP contribution < -0.4 is 15.4 Å². The summed E-state index contributed by atoms with van der Waals surface area (Å²) < 4.78 is 24.9. The Morgan fingerprint density at radius 1 is 1.15 bits per heavy atom. The van der Waals surface area contributed by atoms with Gasteiger partial charge >= 0.3 is 0 Å². The number of ketones is 1. The lowest BCUT2D eigenvalue weighted by molar-refractivity contribution is -0.123. The number of aromatic nitrogens is 1. The maximum absolute atomic E-state index is 12.9. The number of aryl methyl sites for hydroxylation is 1. The minimum atomic E-state index is -3.42. The Labute approximate surface area is 201 Å². The van der Waals surface area contributed by atoms with Crippen molar-refractivity contribution in [3.8, 4) is 0 Å². The van der Waals surface area contributed by atoms with E-state index < -0.39 is 28.3 Å². The van der Waals surface area contributed by atoms with Crippen LogP contribution >= 0.6 is 22.9 Å². The monoisotopic (exact) mass is 512 g/mol. The number of benzene rings is 1. The van der Waals surface area contributed by atoms with Crippen molar-refractivity contribution in [2.24, 2.45) is 5.92 Å². The zero-order chi connectivity index (χ0) is 24.2. The highest BCUT2D eigenvalue weighted by Gasteiger charge is 2.26. The molecule has 1 aliphatic rings. The van der Waals surface area contributed by atoms with Crippen molar-refractivity contribution < 1.29 is 22.8 Å². The summed E-state index contributed by atoms with van der Waals surface area (Å²) in [6.07, 6.45) is 4.27. The number of thiazole rings is 1. The van der Waals surface area contributed by atoms with Gasteiger partial charge in [-0.05, 0) is 31.9 Å². The molecule has 0 bridgehead atoms. The molecule has 1 saturated carbocycles. The first-order chi connectivity index (χ1) is 15.5. The summed E-state index contributed by atoms with van der Waals surface area (Å²) in [4.78, 5) is 41.8. The third-order valence-corrected chi connectivity index (χ3v) is 7.08. The molecule has 3 N–H and O–H groups in total. The van der Waals surface area contributed by atoms with Crippen LogP contribution in [0.5, 0.6) is 0 Å². The van der Waals surface area contributed by atoms with Crippen LogP contribution in [0, 0.1) is 12.8 Å². The van der Waals surface area contributed by atoms with E-state index in [2.05, 4.69) is 20.3 Å². The van der Waals surface area contributed by atoms with Crippen LogP contribution in [0.1, 0.15) is 53.7 Å². The van der Waals surface area contributed by atoms with E-state index in [1.807, 2.05) is 6.92 Å². The van der Waals surface area contributed by atoms with Crippen LogP contribution in [0.4, 0.5) is 10.8 Å². The highest BCUT2D eigenvalue weighted by atomic mass is 35.5. The topological polar surface area (TPSA) is 134 Å². The van der Waals surface area contributed by atoms with Gasteiger partial charge < -0.3 is 10.6 Å². The summed E-state index contributed by atoms with van der Waals surface area (Å²) in [5, 5.41) is 5.31. The number of carbonyl (C=O) groups excluding carboxylic acids is 3. The molecular weight excluding hydrogens is 488 g/mol. The van der Waals surface area contributed by atoms with Gasteiger partial charge in [-0.25, -0.2) is 18.1 Å². The Balaban J connectivity index is 1.61. The van der Waals surface area contributed by atoms with Gasteiger partial charge in [0.25, 0.3) is 0 Å². The molecule has 2 amide bonds. The maximum Gasteiger partial charge on any atom is 0.235 e. The molecule has 9 nitrogen and oxygen atoms in total. The van der Waals surface area contributed by atoms with Gasteiger partial charge in [-0.15, -0.1) is 0 Å². The first kappa shape index (κ1) is 25.3. The average Bonchev–Trinajstić information content (AvgIpc) is 3.36. The molecule has 1 aromatic heterocycles. The number of amides is 2. The Hall–Kier alpha value is -2.34. The van der Waals surface area contributed by atoms with Crippen LogP contribution in [-0.4, -0.2) is 37.3 Å². The van der Waals surface area contributed by atoms with E-state index in [0.29, 0.717) is 11.3 Å². The second kappa shape index (κ2) is 10.7. The molecule has 178 valence electrons. The summed E-state index contributed by atoms with van der Waals surface area (Å²) in [5.41, 5.74) is 2.03. The van der Waals surface area contributed by atoms with E-state index in [1.54, 1.807) is 18.2 Å². The van der Waals surface area contributed by atoms with E-state index in [1.165, 1.54) is 0 Å². The largest absolute Gasteiger partial charge is 0.325 e. The zero-order valence-electron chi connectivity index (χ0n) is 18.2. The molecule has 3 rings (SSSR count). The number of carbonyl (C=O) groups is 3. The van der Waals surface area contributed by atoms with Gasteiger partial charge in [0.2, 0.25) is 21.8 Å². The van der Waals surface area contributed by atoms with Crippen LogP contribution in [0.2, 0.25) is 4.34 Å². The third-order valence-electron chi connectivity index (χ3n) is 5.16. The molecule has 1 heterocycles. The Morgan fingerprint density at radius 3 is 2.48 bits per heavy atom. The normalized spacial score (nSPS) is 14.3. The van der Waals surface area contributed by atoms with Crippen LogP contribution in [0.3, 0.4) is 0 Å². The number of hydrogen-bond donors (Lipinski definition) is 3. The van der Waals surface area contributed by atoms with Gasteiger partial charge in [0.15, 0.2) is 10.9 Å². The third kappa shape index (κ3) is 7.32. The molecule has 1 aliphatic carbocycles. The van der Waals surface area contributed by atoms with E-state index in [4.69, 9.17) is 11.6 Å². The fraction of sp³-hybridized carbons (Fsp3) is 0.429. The lowest BCUT2D eigenvalue weighted by Gasteiger charge is -2.14. The standard InChI is InChI=1S/C21H25ClN4O5S2/c1-12-7-8-15(14(9-12)19(29)13-5-3-4-6-13)24-17(27)10-18(28)26-21-25-16(20(22)32-21)11-23-33(2,30)31/h7-9,13,23H,3-6,10-11H2,1-2H3,(H,24,27)(H,25,26,28). The highest BCUT2D eigenvalue weighted by molar-refractivity contribution is 7.88. The van der Waals surface area contributed by atoms with Crippen molar-refractivity contribution in [2.75, 3.05) is 16.9 Å². The average molecular weight is 513 g/mol. The molecule has 1 aromatic carbocycles. The number of rotatable bonds is 9. The van der Waals surface area contributed by atoms with Crippen molar-refractivity contribution in [1.82, 2.24) is 9.71 Å². The van der Waals surface area contributed by atoms with Gasteiger partial charge in [-0.2, -0.15) is 0 Å². The van der Waals surface area contributed by atoms with Gasteiger partial charge in [-0.3, -0.25) is 14.4 Å². The fourth-order valence-electron chi connectivity index (χ4n) is 3.58. The van der Waals surface area contributed by atoms with E-state index >= 15 is 0 Å². The van der Waals surface area contributed by atoms with Gasteiger partial charge in [0, 0.05) is 11.5 Å². The van der Waals surface area contributed by atoms with E-state index in [-0.39, 0.29) is 33.4 Å². The Kier molecular flexibility index (Phi) is 8.22. The summed E-state index contributed by atoms with van der Waals surface area (Å²) in [6.45, 7) is 1.76. The number of anilines is 2. The molecule has 33 heavy (non-hydrogen) atoms. The number of nitrogens with zero attached hydrogens (tertiary/aromatic N) is 1. The second-order valence-corrected chi connectivity index (χ2v) is 11.4. The van der Waals surface area contributed by atoms with Crippen LogP contribution in [0.15, 0.2) is 18.2 Å². The second-order valence-electron chi connectivity index (χ2n) is 8.00. The van der Waals surface area contributed by atoms with E-state index in [0.717, 1.165) is 48.8 Å². The molecule has 0 spiro atoms. The lowest BCUT2D eigenvalue weighted by atomic mass is 9.94. The minimum Gasteiger partial charge on any atom is -0.325 e. The van der Waals surface area contributed by atoms with Crippen molar-refractivity contribution in [2.45, 2.75) is 45.6 Å². The van der Waals surface area contributed by atoms with Gasteiger partial charge in [0.1, 0.15) is 10.8 Å². The van der Waals surface area contributed by atoms with Gasteiger partial charge in [-0.1, -0.05) is 47.4 Å². The molecule has 1 fully saturated rings. The Morgan fingerprint density at radius 2 is 1.82 bits per heavy atom. The molecule has 0 radical (unpaired) electrons. The zero-order valence-corrected chi connectivity index (χ0v) is 20.6. The van der Waals surface area contributed by atoms with Crippen LogP contribution in [-0.2, 0) is 26.2 Å². The van der Waals surface area contributed by atoms with Crippen molar-refractivity contribution in [3.05, 3.63) is 39.4 Å². The number of Topliss-reactive ketones (excluding diaryl/α,β-unsaturated/α-hetero) is 1.